The summed E-state index contributed by atoms with van der Waals surface area (Å²) in [5, 5.41) is 0. The summed E-state index contributed by atoms with van der Waals surface area (Å²) in [5.41, 5.74) is -0.405. The molecule has 0 aliphatic heterocycles. The van der Waals surface area contributed by atoms with Crippen molar-refractivity contribution >= 4 is 0 Å². The fourth-order valence-electron chi connectivity index (χ4n) is 0.320. The average Bonchev–Trinajstić information content (AvgIpc) is 2.13. The minimum atomic E-state index is -3.36. The maximum Gasteiger partial charge on any atom is 0.119 e. The second kappa shape index (κ2) is 2.31. The zero-order valence-electron chi connectivity index (χ0n) is 14.7. The fourth-order valence-corrected chi connectivity index (χ4v) is 0.320. The molecule has 0 aromatic heterocycles. The predicted molar refractivity (Wildman–Crippen MR) is 31.1 cm³/mol. The Bertz CT molecular complexity index is 334. The van der Waals surface area contributed by atoms with Crippen molar-refractivity contribution in [1.82, 2.24) is 0 Å². The third kappa shape index (κ3) is 1.48. The van der Waals surface area contributed by atoms with Crippen molar-refractivity contribution in [3.8, 4) is 0 Å². The Balaban J connectivity index is 3.52. The average molecular weight is 110 g/mol. The molecule has 2 N–H and O–H groups in total. The van der Waals surface area contributed by atoms with Crippen molar-refractivity contribution in [1.29, 1.82) is 0 Å². The predicted octanol–water partition coefficient (Wildman–Crippen LogP) is 1.28. The molecule has 0 aromatic rings. The van der Waals surface area contributed by atoms with Gasteiger partial charge < -0.3 is 5.72 Å². The van der Waals surface area contributed by atoms with Crippen LogP contribution in [0, 0.1) is 0 Å². The van der Waals surface area contributed by atoms with Crippen LogP contribution in [0.4, 0.5) is 0 Å². The highest BCUT2D eigenvalue weighted by atomic mass is 14.6. The quantitative estimate of drug-likeness (QED) is 0.540. The highest BCUT2D eigenvalue weighted by molar-refractivity contribution is 4.66. The molecule has 1 heteroatoms. The molecule has 1 aliphatic rings. The molecule has 0 spiro atoms. The van der Waals surface area contributed by atoms with Crippen molar-refractivity contribution < 1.29 is 15.2 Å². The largest absolute Gasteiger partial charge is 0.328 e. The van der Waals surface area contributed by atoms with Crippen molar-refractivity contribution in [3.05, 3.63) is 0 Å². The van der Waals surface area contributed by atoms with Crippen LogP contribution in [0.3, 0.4) is 0 Å². The SMILES string of the molecule is [2H]N([2H])C1([2H])CC([2H])([2H])C([2H])([2H])C([2H])([2H])C1([2H])[2H]. The van der Waals surface area contributed by atoms with E-state index in [1.165, 1.54) is 0 Å². The van der Waals surface area contributed by atoms with E-state index in [2.05, 4.69) is 0 Å². The normalized spacial score (nSPS) is 95.9. The summed E-state index contributed by atoms with van der Waals surface area (Å²) >= 11 is 0. The van der Waals surface area contributed by atoms with Gasteiger partial charge in [0.1, 0.15) is 2.82 Å². The van der Waals surface area contributed by atoms with Crippen LogP contribution in [0.5, 0.6) is 0 Å². The zero-order valence-corrected chi connectivity index (χ0v) is 3.65. The van der Waals surface area contributed by atoms with E-state index in [0.717, 1.165) is 0 Å². The van der Waals surface area contributed by atoms with Gasteiger partial charge in [-0.25, -0.2) is 0 Å². The van der Waals surface area contributed by atoms with Gasteiger partial charge in [-0.15, -0.1) is 0 Å². The van der Waals surface area contributed by atoms with E-state index >= 15 is 0 Å². The van der Waals surface area contributed by atoms with Crippen LogP contribution < -0.4 is 5.72 Å². The van der Waals surface area contributed by atoms with Gasteiger partial charge in [0.2, 0.25) is 0 Å². The van der Waals surface area contributed by atoms with Crippen LogP contribution >= 0.6 is 0 Å². The fraction of sp³-hybridized carbons (Fsp3) is 1.00. The van der Waals surface area contributed by atoms with Gasteiger partial charge in [-0.2, -0.15) is 0 Å². The van der Waals surface area contributed by atoms with Gasteiger partial charge in [0.15, 0.2) is 0 Å². The standard InChI is InChI=1S/C6H13N/c7-6-4-2-1-3-5-6/h6H,1-5,7H2/i1D2,2D2,3D2,4D2,6D/hD2. The van der Waals surface area contributed by atoms with Gasteiger partial charge >= 0.3 is 0 Å². The minimum Gasteiger partial charge on any atom is -0.328 e. The minimum absolute atomic E-state index is 0.405. The highest BCUT2D eigenvalue weighted by Crippen LogP contribution is 2.14. The first-order chi connectivity index (χ1) is 7.65. The summed E-state index contributed by atoms with van der Waals surface area (Å²) in [5.74, 6) is 0. The first-order valence-corrected chi connectivity index (χ1v) is 1.93. The number of nitrogens with two attached hydrogens (primary N) is 1. The van der Waals surface area contributed by atoms with E-state index in [1.807, 2.05) is 0 Å². The summed E-state index contributed by atoms with van der Waals surface area (Å²) in [7, 11) is 0. The van der Waals surface area contributed by atoms with Gasteiger partial charge in [0, 0.05) is 18.4 Å². The zero-order chi connectivity index (χ0) is 14.8. The van der Waals surface area contributed by atoms with E-state index in [9.17, 15) is 0 Å². The molecule has 0 bridgehead atoms. The smallest absolute Gasteiger partial charge is 0.119 e. The van der Waals surface area contributed by atoms with Crippen molar-refractivity contribution in [2.24, 2.45) is 5.72 Å². The van der Waals surface area contributed by atoms with Crippen LogP contribution in [-0.2, 0) is 0 Å². The molecular weight excluding hydrogens is 86.1 g/mol. The van der Waals surface area contributed by atoms with Gasteiger partial charge in [-0.3, -0.25) is 0 Å². The highest BCUT2D eigenvalue weighted by Gasteiger charge is 2.06. The number of hydrogen-bond acceptors (Lipinski definition) is 1. The number of rotatable bonds is 1. The topological polar surface area (TPSA) is 26.0 Å². The molecule has 7 heavy (non-hydrogen) atoms. The Morgan fingerprint density at radius 1 is 1.71 bits per heavy atom. The number of hydrogen-bond donors (Lipinski definition) is 1. The summed E-state index contributed by atoms with van der Waals surface area (Å²) in [6.45, 7) is 0. The molecule has 1 unspecified atom stereocenters. The van der Waals surface area contributed by atoms with Crippen LogP contribution in [0.15, 0.2) is 0 Å². The first kappa shape index (κ1) is 0.766. The lowest BCUT2D eigenvalue weighted by atomic mass is 9.97. The maximum atomic E-state index is 7.70. The molecule has 1 saturated carbocycles. The third-order valence-corrected chi connectivity index (χ3v) is 0.614. The van der Waals surface area contributed by atoms with E-state index in [-0.39, 0.29) is 0 Å². The first-order valence-electron chi connectivity index (χ1n) is 7.33. The molecule has 1 fully saturated rings. The Labute approximate surface area is 60.5 Å². The molecule has 0 aromatic carbocycles. The lowest BCUT2D eigenvalue weighted by Crippen LogP contribution is -2.22. The van der Waals surface area contributed by atoms with Crippen LogP contribution in [-0.4, -0.2) is 6.02 Å². The molecule has 1 aliphatic carbocycles. The Morgan fingerprint density at radius 2 is 2.71 bits per heavy atom. The Morgan fingerprint density at radius 3 is 3.57 bits per heavy atom. The van der Waals surface area contributed by atoms with Crippen molar-refractivity contribution in [2.75, 3.05) is 0 Å². The summed E-state index contributed by atoms with van der Waals surface area (Å²) in [6.07, 6.45) is -13.7. The van der Waals surface area contributed by atoms with Crippen molar-refractivity contribution in [3.63, 3.8) is 0 Å². The van der Waals surface area contributed by atoms with Crippen molar-refractivity contribution in [2.45, 2.75) is 37.9 Å². The van der Waals surface area contributed by atoms with E-state index < -0.39 is 43.7 Å². The van der Waals surface area contributed by atoms with Gasteiger partial charge in [-0.05, 0) is 12.8 Å². The third-order valence-electron chi connectivity index (χ3n) is 0.614. The Kier molecular flexibility index (Phi) is 0.253. The van der Waals surface area contributed by atoms with Gasteiger partial charge in [0.05, 0.1) is 0 Å². The molecule has 1 rings (SSSR count). The van der Waals surface area contributed by atoms with E-state index in [4.69, 9.17) is 15.2 Å². The van der Waals surface area contributed by atoms with E-state index in [0.29, 0.717) is 0 Å². The second-order valence-electron chi connectivity index (χ2n) is 1.18. The lowest BCUT2D eigenvalue weighted by molar-refractivity contribution is 0.441. The van der Waals surface area contributed by atoms with Crippen LogP contribution in [0.25, 0.3) is 0 Å². The van der Waals surface area contributed by atoms with Gasteiger partial charge in [0.25, 0.3) is 0 Å². The summed E-state index contributed by atoms with van der Waals surface area (Å²) in [4.78, 5) is 0. The molecule has 1 atom stereocenters. The van der Waals surface area contributed by atoms with Gasteiger partial charge in [-0.1, -0.05) is 19.1 Å². The molecule has 1 nitrogen and oxygen atoms in total. The Hall–Kier alpha value is -0.0400. The molecule has 0 heterocycles. The lowest BCUT2D eigenvalue weighted by Gasteiger charge is -2.15. The summed E-state index contributed by atoms with van der Waals surface area (Å²) in [6, 6.07) is -2.84. The molecular formula is C6H13N. The van der Waals surface area contributed by atoms with Crippen LogP contribution in [0.1, 0.15) is 44.2 Å². The van der Waals surface area contributed by atoms with E-state index in [1.54, 1.807) is 0 Å². The molecule has 0 amide bonds. The molecule has 42 valence electrons. The monoisotopic (exact) mass is 110 g/mol. The molecule has 0 saturated heterocycles. The second-order valence-corrected chi connectivity index (χ2v) is 1.18. The van der Waals surface area contributed by atoms with Crippen LogP contribution in [0.2, 0.25) is 2.82 Å². The molecule has 0 radical (unpaired) electrons. The maximum absolute atomic E-state index is 7.70. The summed E-state index contributed by atoms with van der Waals surface area (Å²) < 4.78 is 81.7.